The van der Waals surface area contributed by atoms with Crippen LogP contribution in [-0.2, 0) is 32.2 Å². The summed E-state index contributed by atoms with van der Waals surface area (Å²) in [6.45, 7) is -0.863. The molecule has 39 heteroatoms. The maximum Gasteiger partial charge on any atom is 1.00 e. The standard InChI is InChI=1S/C6H12O7.2Na.6H3O4P/c7-1-2(8)3(9)4(10)5(11)6(12)13;;;6*1-5(2,3)4/h2-5,7-11H,1H2,(H,12,13);;;6*(H3,1,2,3,4)/q;2*+1;;;;;;/p-2. The summed E-state index contributed by atoms with van der Waals surface area (Å²) in [5, 5.41) is 53.4. The predicted molar refractivity (Wildman–Crippen MR) is 119 cm³/mol. The number of rotatable bonds is 5. The maximum absolute atomic E-state index is 9.98. The van der Waals surface area contributed by atoms with E-state index in [2.05, 4.69) is 0 Å². The molecule has 0 aromatic carbocycles. The number of aliphatic carboxylic acids is 1. The van der Waals surface area contributed by atoms with Crippen LogP contribution in [0.25, 0.3) is 0 Å². The van der Waals surface area contributed by atoms with Gasteiger partial charge in [-0.3, -0.25) is 4.57 Å². The van der Waals surface area contributed by atoms with Crippen LogP contribution in [0.3, 0.4) is 0 Å². The van der Waals surface area contributed by atoms with E-state index in [0.717, 1.165) is 0 Å². The Morgan fingerprint density at radius 1 is 0.489 bits per heavy atom. The van der Waals surface area contributed by atoms with Crippen molar-refractivity contribution in [1.82, 2.24) is 0 Å². The number of carboxylic acids is 1. The second-order valence-corrected chi connectivity index (χ2v) is 11.7. The number of carbonyl (C=O) groups is 1. The summed E-state index contributed by atoms with van der Waals surface area (Å²) in [5.41, 5.74) is 0. The van der Waals surface area contributed by atoms with E-state index in [1.165, 1.54) is 0 Å². The minimum atomic E-state index is -4.89. The van der Waals surface area contributed by atoms with Gasteiger partial charge in [0, 0.05) is 0 Å². The molecule has 22 N–H and O–H groups in total. The quantitative estimate of drug-likeness (QED) is 0.0903. The SMILES string of the molecule is O=C([O-])C(O)C(O)C(O)C(O)CO.O=P(O)(O)O.O=P(O)(O)O.O=P(O)(O)O.O=P(O)(O)O.O=P(O)(O)O.O=P([O-])(O)O.[Na+].[Na+]. The number of hydrogen-bond acceptors (Lipinski definition) is 14. The van der Waals surface area contributed by atoms with E-state index in [1.54, 1.807) is 0 Å². The van der Waals surface area contributed by atoms with Crippen LogP contribution in [0.4, 0.5) is 0 Å². The first-order valence-corrected chi connectivity index (χ1v) is 17.5. The van der Waals surface area contributed by atoms with Crippen molar-refractivity contribution in [1.29, 1.82) is 0 Å². The Balaban J connectivity index is -0.0000000501. The van der Waals surface area contributed by atoms with Gasteiger partial charge >= 0.3 is 98.2 Å². The monoisotopic (exact) mass is 828 g/mol. The normalized spacial score (nSPS) is 13.8. The molecule has 0 radical (unpaired) electrons. The second-order valence-electron chi connectivity index (χ2n) is 5.55. The fourth-order valence-electron chi connectivity index (χ4n) is 0.662. The summed E-state index contributed by atoms with van der Waals surface area (Å²) >= 11 is 0. The van der Waals surface area contributed by atoms with Gasteiger partial charge in [0.15, 0.2) is 0 Å². The Hall–Kier alpha value is 1.93. The minimum absolute atomic E-state index is 0. The van der Waals surface area contributed by atoms with E-state index < -0.39 is 83.9 Å². The van der Waals surface area contributed by atoms with E-state index in [9.17, 15) is 9.90 Å². The molecule has 0 aliphatic heterocycles. The molecule has 0 heterocycles. The molecule has 0 aromatic heterocycles. The zero-order valence-electron chi connectivity index (χ0n) is 21.7. The van der Waals surface area contributed by atoms with Gasteiger partial charge in [-0.25, -0.2) is 22.8 Å². The van der Waals surface area contributed by atoms with Crippen LogP contribution >= 0.6 is 46.9 Å². The van der Waals surface area contributed by atoms with Crippen LogP contribution in [0.5, 0.6) is 0 Å². The van der Waals surface area contributed by atoms with E-state index in [0.29, 0.717) is 0 Å². The fraction of sp³-hybridized carbons (Fsp3) is 0.833. The number of hydrogen-bond donors (Lipinski definition) is 22. The van der Waals surface area contributed by atoms with Gasteiger partial charge in [-0.2, -0.15) is 0 Å². The molecule has 31 nitrogen and oxygen atoms in total. The van der Waals surface area contributed by atoms with Gasteiger partial charge in [-0.1, -0.05) is 0 Å². The van der Waals surface area contributed by atoms with Gasteiger partial charge in [0.05, 0.1) is 12.6 Å². The summed E-state index contributed by atoms with van der Waals surface area (Å²) in [5.74, 6) is -1.98. The van der Waals surface area contributed by atoms with Crippen molar-refractivity contribution in [3.05, 3.63) is 0 Å². The van der Waals surface area contributed by atoms with Crippen molar-refractivity contribution in [2.75, 3.05) is 6.61 Å². The first-order valence-electron chi connectivity index (χ1n) is 8.13. The molecule has 0 aliphatic rings. The molecule has 0 aliphatic carbocycles. The Labute approximate surface area is 292 Å². The molecule has 0 bridgehead atoms. The van der Waals surface area contributed by atoms with E-state index >= 15 is 0 Å². The van der Waals surface area contributed by atoms with Gasteiger partial charge in [0.25, 0.3) is 7.82 Å². The molecule has 0 saturated heterocycles. The number of carbonyl (C=O) groups excluding carboxylic acids is 1. The minimum Gasteiger partial charge on any atom is -0.756 e. The predicted octanol–water partition coefficient (Wildman–Crippen LogP) is -17.0. The van der Waals surface area contributed by atoms with Crippen molar-refractivity contribution in [3.63, 3.8) is 0 Å². The van der Waals surface area contributed by atoms with Crippen LogP contribution in [-0.4, -0.2) is 146 Å². The molecule has 0 aromatic rings. The molecule has 45 heavy (non-hydrogen) atoms. The third kappa shape index (κ3) is 223. The molecule has 0 rings (SSSR count). The fourth-order valence-corrected chi connectivity index (χ4v) is 0.662. The number of phosphoric acid groups is 6. The average molecular weight is 828 g/mol. The van der Waals surface area contributed by atoms with Crippen LogP contribution in [0.15, 0.2) is 0 Å². The Morgan fingerprint density at radius 3 is 0.711 bits per heavy atom. The van der Waals surface area contributed by atoms with Crippen molar-refractivity contribution in [3.8, 4) is 0 Å². The van der Waals surface area contributed by atoms with E-state index in [4.69, 9.17) is 141 Å². The first kappa shape index (κ1) is 68.8. The summed E-state index contributed by atoms with van der Waals surface area (Å²) in [6, 6.07) is 0. The molecule has 270 valence electrons. The molecular weight excluding hydrogens is 800 g/mol. The second kappa shape index (κ2) is 31.9. The molecule has 0 amide bonds. The van der Waals surface area contributed by atoms with E-state index in [1.807, 2.05) is 0 Å². The zero-order chi connectivity index (χ0) is 37.6. The van der Waals surface area contributed by atoms with Crippen molar-refractivity contribution in [2.24, 2.45) is 0 Å². The van der Waals surface area contributed by atoms with Crippen LogP contribution < -0.4 is 69.1 Å². The first-order chi connectivity index (χ1) is 17.9. The smallest absolute Gasteiger partial charge is 0.756 e. The molecule has 4 atom stereocenters. The van der Waals surface area contributed by atoms with Crippen LogP contribution in [0.2, 0.25) is 0 Å². The zero-order valence-corrected chi connectivity index (χ0v) is 31.1. The Bertz CT molecular complexity index is 776. The van der Waals surface area contributed by atoms with Gasteiger partial charge < -0.3 is 124 Å². The summed E-state index contributed by atoms with van der Waals surface area (Å²) in [7, 11) is -28.1. The molecule has 0 spiro atoms. The third-order valence-corrected chi connectivity index (χ3v) is 1.50. The molecule has 4 unspecified atom stereocenters. The Kier molecular flexibility index (Phi) is 48.7. The topological polar surface area (TPSA) is 611 Å². The van der Waals surface area contributed by atoms with E-state index in [-0.39, 0.29) is 59.1 Å². The van der Waals surface area contributed by atoms with Gasteiger partial charge in [0.2, 0.25) is 0 Å². The van der Waals surface area contributed by atoms with Gasteiger partial charge in [-0.05, 0) is 0 Å². The number of aliphatic hydroxyl groups excluding tert-OH is 5. The average Bonchev–Trinajstić information content (AvgIpc) is 2.57. The van der Waals surface area contributed by atoms with Crippen LogP contribution in [0, 0.1) is 0 Å². The van der Waals surface area contributed by atoms with Gasteiger partial charge in [-0.15, -0.1) is 0 Å². The van der Waals surface area contributed by atoms with Crippen molar-refractivity contribution in [2.45, 2.75) is 24.4 Å². The maximum atomic E-state index is 9.98. The molecular formula is C6H28Na2O31P6. The Morgan fingerprint density at radius 2 is 0.622 bits per heavy atom. The van der Waals surface area contributed by atoms with Crippen molar-refractivity contribution < 1.29 is 210 Å². The van der Waals surface area contributed by atoms with Gasteiger partial charge in [0.1, 0.15) is 24.4 Å². The number of aliphatic hydroxyl groups is 5. The molecule has 0 fully saturated rings. The van der Waals surface area contributed by atoms with Crippen molar-refractivity contribution >= 4 is 52.9 Å². The number of carboxylic acid groups (broad SMARTS) is 1. The summed E-state index contributed by atoms with van der Waals surface area (Å²) in [4.78, 5) is 141. The molecule has 0 saturated carbocycles. The largest absolute Gasteiger partial charge is 1.00 e. The summed E-state index contributed by atoms with van der Waals surface area (Å²) < 4.78 is 53.2. The summed E-state index contributed by atoms with van der Waals surface area (Å²) in [6.07, 6.45) is -8.08. The third-order valence-electron chi connectivity index (χ3n) is 1.50. The van der Waals surface area contributed by atoms with Crippen LogP contribution in [0.1, 0.15) is 0 Å².